The van der Waals surface area contributed by atoms with E-state index in [4.69, 9.17) is 4.74 Å². The first-order chi connectivity index (χ1) is 11.1. The highest BCUT2D eigenvalue weighted by Gasteiger charge is 2.01. The molecule has 0 saturated carbocycles. The van der Waals surface area contributed by atoms with Gasteiger partial charge in [0, 0.05) is 0 Å². The minimum Gasteiger partial charge on any atom is -0.484 e. The van der Waals surface area contributed by atoms with Gasteiger partial charge < -0.3 is 4.74 Å². The molecule has 0 aliphatic carbocycles. The van der Waals surface area contributed by atoms with Crippen molar-refractivity contribution in [2.45, 2.75) is 6.92 Å². The summed E-state index contributed by atoms with van der Waals surface area (Å²) < 4.78 is 17.9. The van der Waals surface area contributed by atoms with Crippen LogP contribution in [0.4, 0.5) is 4.39 Å². The number of hydrogen-bond donors (Lipinski definition) is 1. The molecule has 2 rings (SSSR count). The Balaban J connectivity index is 1.77. The third kappa shape index (κ3) is 6.13. The molecule has 5 heteroatoms. The molecule has 0 spiro atoms. The van der Waals surface area contributed by atoms with Gasteiger partial charge in [-0.15, -0.1) is 0 Å². The maximum atomic E-state index is 12.7. The van der Waals surface area contributed by atoms with Crippen molar-refractivity contribution in [3.05, 3.63) is 71.6 Å². The zero-order valence-electron chi connectivity index (χ0n) is 12.7. The van der Waals surface area contributed by atoms with E-state index >= 15 is 0 Å². The predicted molar refractivity (Wildman–Crippen MR) is 88.6 cm³/mol. The number of halogens is 1. The summed E-state index contributed by atoms with van der Waals surface area (Å²) in [6.45, 7) is 1.70. The van der Waals surface area contributed by atoms with Crippen LogP contribution in [0.5, 0.6) is 5.75 Å². The minimum absolute atomic E-state index is 0.190. The number of benzene rings is 2. The Morgan fingerprint density at radius 3 is 2.57 bits per heavy atom. The molecule has 0 bridgehead atoms. The van der Waals surface area contributed by atoms with E-state index in [1.165, 1.54) is 24.3 Å². The normalized spacial score (nSPS) is 11.5. The first-order valence-corrected chi connectivity index (χ1v) is 7.07. The Bertz CT molecular complexity index is 695. The molecule has 2 aromatic carbocycles. The van der Waals surface area contributed by atoms with Crippen molar-refractivity contribution in [2.24, 2.45) is 5.10 Å². The lowest BCUT2D eigenvalue weighted by Crippen LogP contribution is -2.24. The average Bonchev–Trinajstić information content (AvgIpc) is 2.55. The maximum absolute atomic E-state index is 12.7. The molecule has 118 valence electrons. The number of amides is 1. The lowest BCUT2D eigenvalue weighted by atomic mass is 10.1. The molecule has 0 saturated heterocycles. The van der Waals surface area contributed by atoms with Gasteiger partial charge in [-0.05, 0) is 42.3 Å². The highest BCUT2D eigenvalue weighted by molar-refractivity contribution is 5.86. The van der Waals surface area contributed by atoms with Gasteiger partial charge in [-0.3, -0.25) is 4.79 Å². The van der Waals surface area contributed by atoms with Gasteiger partial charge in [-0.25, -0.2) is 9.82 Å². The largest absolute Gasteiger partial charge is 0.484 e. The summed E-state index contributed by atoms with van der Waals surface area (Å²) in [5, 5.41) is 3.86. The highest BCUT2D eigenvalue weighted by Crippen LogP contribution is 2.10. The second-order valence-corrected chi connectivity index (χ2v) is 4.83. The Morgan fingerprint density at radius 1 is 1.17 bits per heavy atom. The number of nitrogens with zero attached hydrogens (tertiary/aromatic N) is 1. The molecule has 4 nitrogen and oxygen atoms in total. The van der Waals surface area contributed by atoms with Crippen molar-refractivity contribution in [1.82, 2.24) is 5.43 Å². The fourth-order valence-electron chi connectivity index (χ4n) is 1.77. The van der Waals surface area contributed by atoms with Crippen LogP contribution in [0, 0.1) is 5.82 Å². The molecule has 0 aliphatic heterocycles. The van der Waals surface area contributed by atoms with Crippen LogP contribution in [0.1, 0.15) is 12.5 Å². The van der Waals surface area contributed by atoms with Crippen molar-refractivity contribution in [2.75, 3.05) is 6.61 Å². The fraction of sp³-hybridized carbons (Fsp3) is 0.111. The van der Waals surface area contributed by atoms with Crippen LogP contribution < -0.4 is 10.2 Å². The Morgan fingerprint density at radius 2 is 1.87 bits per heavy atom. The molecular formula is C18H17FN2O2. The number of carbonyl (C=O) groups excluding carboxylic acids is 1. The number of allylic oxidation sites excluding steroid dienone is 1. The monoisotopic (exact) mass is 312 g/mol. The third-order valence-corrected chi connectivity index (χ3v) is 2.83. The summed E-state index contributed by atoms with van der Waals surface area (Å²) in [6.07, 6.45) is 3.51. The topological polar surface area (TPSA) is 50.7 Å². The highest BCUT2D eigenvalue weighted by atomic mass is 19.1. The SMILES string of the molecule is CC(/C=N\NC(=O)COc1ccc(F)cc1)=C/c1ccccc1. The number of nitrogens with one attached hydrogen (secondary N) is 1. The lowest BCUT2D eigenvalue weighted by Gasteiger charge is -2.04. The minimum atomic E-state index is -0.391. The predicted octanol–water partition coefficient (Wildman–Crippen LogP) is 3.41. The summed E-state index contributed by atoms with van der Waals surface area (Å²) in [4.78, 5) is 11.6. The van der Waals surface area contributed by atoms with Crippen LogP contribution >= 0.6 is 0 Å². The van der Waals surface area contributed by atoms with E-state index in [9.17, 15) is 9.18 Å². The van der Waals surface area contributed by atoms with Gasteiger partial charge in [-0.1, -0.05) is 36.4 Å². The number of hydrazone groups is 1. The summed E-state index contributed by atoms with van der Waals surface area (Å²) in [5.74, 6) is -0.323. The number of carbonyl (C=O) groups is 1. The summed E-state index contributed by atoms with van der Waals surface area (Å²) in [6, 6.07) is 15.3. The molecule has 0 fully saturated rings. The quantitative estimate of drug-likeness (QED) is 0.656. The summed E-state index contributed by atoms with van der Waals surface area (Å²) in [7, 11) is 0. The van der Waals surface area contributed by atoms with E-state index < -0.39 is 5.91 Å². The molecule has 2 aromatic rings. The van der Waals surface area contributed by atoms with E-state index in [-0.39, 0.29) is 12.4 Å². The smallest absolute Gasteiger partial charge is 0.277 e. The van der Waals surface area contributed by atoms with E-state index in [1.807, 2.05) is 43.3 Å². The van der Waals surface area contributed by atoms with Crippen molar-refractivity contribution < 1.29 is 13.9 Å². The van der Waals surface area contributed by atoms with E-state index in [2.05, 4.69) is 10.5 Å². The van der Waals surface area contributed by atoms with Crippen molar-refractivity contribution in [3.8, 4) is 5.75 Å². The van der Waals surface area contributed by atoms with Crippen LogP contribution in [0.2, 0.25) is 0 Å². The Labute approximate surface area is 134 Å². The first kappa shape index (κ1) is 16.4. The van der Waals surface area contributed by atoms with Gasteiger partial charge in [0.1, 0.15) is 11.6 Å². The van der Waals surface area contributed by atoms with Crippen LogP contribution in [-0.4, -0.2) is 18.7 Å². The molecule has 0 aliphatic rings. The summed E-state index contributed by atoms with van der Waals surface area (Å²) >= 11 is 0. The van der Waals surface area contributed by atoms with Crippen molar-refractivity contribution >= 4 is 18.2 Å². The third-order valence-electron chi connectivity index (χ3n) is 2.83. The molecule has 0 unspecified atom stereocenters. The van der Waals surface area contributed by atoms with Crippen molar-refractivity contribution in [3.63, 3.8) is 0 Å². The van der Waals surface area contributed by atoms with Gasteiger partial charge in [0.2, 0.25) is 0 Å². The lowest BCUT2D eigenvalue weighted by molar-refractivity contribution is -0.123. The van der Waals surface area contributed by atoms with Gasteiger partial charge in [0.05, 0.1) is 6.21 Å². The van der Waals surface area contributed by atoms with Gasteiger partial charge >= 0.3 is 0 Å². The average molecular weight is 312 g/mol. The van der Waals surface area contributed by atoms with Crippen LogP contribution in [-0.2, 0) is 4.79 Å². The van der Waals surface area contributed by atoms with E-state index in [0.29, 0.717) is 5.75 Å². The molecule has 0 aromatic heterocycles. The van der Waals surface area contributed by atoms with Crippen LogP contribution in [0.25, 0.3) is 6.08 Å². The Kier molecular flexibility index (Phi) is 6.06. The number of ether oxygens (including phenoxy) is 1. The zero-order chi connectivity index (χ0) is 16.5. The van der Waals surface area contributed by atoms with Gasteiger partial charge in [0.15, 0.2) is 6.61 Å². The second-order valence-electron chi connectivity index (χ2n) is 4.83. The van der Waals surface area contributed by atoms with Crippen molar-refractivity contribution in [1.29, 1.82) is 0 Å². The van der Waals surface area contributed by atoms with Gasteiger partial charge in [-0.2, -0.15) is 5.10 Å². The molecular weight excluding hydrogens is 295 g/mol. The molecule has 0 atom stereocenters. The zero-order valence-corrected chi connectivity index (χ0v) is 12.7. The maximum Gasteiger partial charge on any atom is 0.277 e. The summed E-state index contributed by atoms with van der Waals surface area (Å²) in [5.41, 5.74) is 4.33. The fourth-order valence-corrected chi connectivity index (χ4v) is 1.77. The van der Waals surface area contributed by atoms with Gasteiger partial charge in [0.25, 0.3) is 5.91 Å². The Hall–Kier alpha value is -2.95. The molecule has 0 radical (unpaired) electrons. The molecule has 1 amide bonds. The number of rotatable bonds is 6. The van der Waals surface area contributed by atoms with Crippen LogP contribution in [0.3, 0.4) is 0 Å². The van der Waals surface area contributed by atoms with E-state index in [1.54, 1.807) is 6.21 Å². The molecule has 1 N–H and O–H groups in total. The van der Waals surface area contributed by atoms with Crippen LogP contribution in [0.15, 0.2) is 65.3 Å². The first-order valence-electron chi connectivity index (χ1n) is 7.07. The standard InChI is InChI=1S/C18H17FN2O2/c1-14(11-15-5-3-2-4-6-15)12-20-21-18(22)13-23-17-9-7-16(19)8-10-17/h2-12H,13H2,1H3,(H,21,22)/b14-11-,20-12-. The number of hydrogen-bond acceptors (Lipinski definition) is 3. The molecule has 23 heavy (non-hydrogen) atoms. The molecule has 0 heterocycles. The van der Waals surface area contributed by atoms with E-state index in [0.717, 1.165) is 11.1 Å². The second kappa shape index (κ2) is 8.48.